The van der Waals surface area contributed by atoms with Crippen LogP contribution in [0.1, 0.15) is 20.3 Å². The normalized spacial score (nSPS) is 11.9. The lowest BCUT2D eigenvalue weighted by molar-refractivity contribution is 0.340. The van der Waals surface area contributed by atoms with Crippen LogP contribution in [0.2, 0.25) is 0 Å². The van der Waals surface area contributed by atoms with E-state index in [1.165, 1.54) is 0 Å². The van der Waals surface area contributed by atoms with Crippen molar-refractivity contribution in [2.24, 2.45) is 0 Å². The summed E-state index contributed by atoms with van der Waals surface area (Å²) in [6, 6.07) is 6.03. The molecule has 3 N–H and O–H groups in total. The summed E-state index contributed by atoms with van der Waals surface area (Å²) in [6.07, 6.45) is 2.81. The van der Waals surface area contributed by atoms with Crippen LogP contribution in [0.3, 0.4) is 0 Å². The average molecular weight is 220 g/mol. The van der Waals surface area contributed by atoms with Gasteiger partial charge in [0.05, 0.1) is 6.61 Å². The van der Waals surface area contributed by atoms with Gasteiger partial charge >= 0.3 is 0 Å². The van der Waals surface area contributed by atoms with Gasteiger partial charge in [0.2, 0.25) is 0 Å². The van der Waals surface area contributed by atoms with Gasteiger partial charge in [0.25, 0.3) is 0 Å². The summed E-state index contributed by atoms with van der Waals surface area (Å²) in [5.41, 5.74) is 7.49. The average Bonchev–Trinajstić information content (AvgIpc) is 2.17. The summed E-state index contributed by atoms with van der Waals surface area (Å²) in [5.74, 6) is 0.802. The molecule has 0 radical (unpaired) electrons. The van der Waals surface area contributed by atoms with Gasteiger partial charge in [-0.05, 0) is 26.3 Å². The van der Waals surface area contributed by atoms with Gasteiger partial charge in [0.1, 0.15) is 5.75 Å². The van der Waals surface area contributed by atoms with Crippen LogP contribution in [-0.2, 0) is 0 Å². The van der Waals surface area contributed by atoms with Crippen LogP contribution in [0, 0.1) is 0 Å². The highest BCUT2D eigenvalue weighted by Gasteiger charge is 2.03. The monoisotopic (exact) mass is 220 g/mol. The SMILES string of the molecule is C=CCC(C)Nc1cc(N)cc(OCC)c1. The molecule has 88 valence electrons. The van der Waals surface area contributed by atoms with Gasteiger partial charge in [0.15, 0.2) is 0 Å². The first kappa shape index (κ1) is 12.4. The van der Waals surface area contributed by atoms with Crippen molar-refractivity contribution in [3.63, 3.8) is 0 Å². The van der Waals surface area contributed by atoms with E-state index in [2.05, 4.69) is 18.8 Å². The molecular weight excluding hydrogens is 200 g/mol. The fraction of sp³-hybridized carbons (Fsp3) is 0.385. The van der Waals surface area contributed by atoms with Gasteiger partial charge in [-0.3, -0.25) is 0 Å². The van der Waals surface area contributed by atoms with Crippen molar-refractivity contribution < 1.29 is 4.74 Å². The number of ether oxygens (including phenoxy) is 1. The van der Waals surface area contributed by atoms with Crippen molar-refractivity contribution in [3.8, 4) is 5.75 Å². The quantitative estimate of drug-likeness (QED) is 0.572. The molecule has 3 heteroatoms. The maximum Gasteiger partial charge on any atom is 0.123 e. The van der Waals surface area contributed by atoms with E-state index in [0.29, 0.717) is 18.3 Å². The van der Waals surface area contributed by atoms with E-state index in [4.69, 9.17) is 10.5 Å². The van der Waals surface area contributed by atoms with E-state index in [1.54, 1.807) is 0 Å². The highest BCUT2D eigenvalue weighted by molar-refractivity contribution is 5.59. The zero-order chi connectivity index (χ0) is 12.0. The minimum atomic E-state index is 0.341. The molecule has 3 nitrogen and oxygen atoms in total. The predicted octanol–water partition coefficient (Wildman–Crippen LogP) is 3.04. The number of anilines is 2. The Balaban J connectivity index is 2.75. The molecule has 1 atom stereocenters. The Bertz CT molecular complexity index is 350. The highest BCUT2D eigenvalue weighted by atomic mass is 16.5. The zero-order valence-electron chi connectivity index (χ0n) is 9.99. The van der Waals surface area contributed by atoms with E-state index >= 15 is 0 Å². The Morgan fingerprint density at radius 1 is 1.50 bits per heavy atom. The summed E-state index contributed by atoms with van der Waals surface area (Å²) >= 11 is 0. The van der Waals surface area contributed by atoms with Crippen molar-refractivity contribution in [2.75, 3.05) is 17.7 Å². The van der Waals surface area contributed by atoms with Crippen LogP contribution in [0.15, 0.2) is 30.9 Å². The van der Waals surface area contributed by atoms with Crippen LogP contribution in [0.4, 0.5) is 11.4 Å². The second-order valence-electron chi connectivity index (χ2n) is 3.79. The molecule has 1 aromatic rings. The summed E-state index contributed by atoms with van der Waals surface area (Å²) in [5, 5.41) is 3.35. The van der Waals surface area contributed by atoms with Crippen molar-refractivity contribution in [2.45, 2.75) is 26.3 Å². The minimum Gasteiger partial charge on any atom is -0.494 e. The second-order valence-corrected chi connectivity index (χ2v) is 3.79. The van der Waals surface area contributed by atoms with Gasteiger partial charge in [-0.2, -0.15) is 0 Å². The first-order chi connectivity index (χ1) is 7.65. The Morgan fingerprint density at radius 2 is 2.25 bits per heavy atom. The van der Waals surface area contributed by atoms with Crippen molar-refractivity contribution >= 4 is 11.4 Å². The molecule has 0 heterocycles. The number of hydrogen-bond donors (Lipinski definition) is 2. The first-order valence-electron chi connectivity index (χ1n) is 5.56. The molecule has 0 aliphatic carbocycles. The Hall–Kier alpha value is -1.64. The van der Waals surface area contributed by atoms with E-state index in [1.807, 2.05) is 31.2 Å². The highest BCUT2D eigenvalue weighted by Crippen LogP contribution is 2.23. The third-order valence-electron chi connectivity index (χ3n) is 2.17. The molecule has 0 bridgehead atoms. The van der Waals surface area contributed by atoms with Gasteiger partial charge < -0.3 is 15.8 Å². The number of nitrogens with two attached hydrogens (primary N) is 1. The standard InChI is InChI=1S/C13H20N2O/c1-4-6-10(3)15-12-7-11(14)8-13(9-12)16-5-2/h4,7-10,15H,1,5-6,14H2,2-3H3. The predicted molar refractivity (Wildman–Crippen MR) is 69.9 cm³/mol. The molecule has 1 unspecified atom stereocenters. The topological polar surface area (TPSA) is 47.3 Å². The van der Waals surface area contributed by atoms with Crippen LogP contribution in [0.25, 0.3) is 0 Å². The lowest BCUT2D eigenvalue weighted by Crippen LogP contribution is -2.14. The number of hydrogen-bond acceptors (Lipinski definition) is 3. The molecule has 0 aliphatic rings. The molecular formula is C13H20N2O. The minimum absolute atomic E-state index is 0.341. The Morgan fingerprint density at radius 3 is 2.88 bits per heavy atom. The van der Waals surface area contributed by atoms with Gasteiger partial charge in [0, 0.05) is 29.5 Å². The zero-order valence-corrected chi connectivity index (χ0v) is 9.99. The molecule has 0 saturated carbocycles. The molecule has 16 heavy (non-hydrogen) atoms. The number of benzene rings is 1. The van der Waals surface area contributed by atoms with Crippen LogP contribution < -0.4 is 15.8 Å². The first-order valence-corrected chi connectivity index (χ1v) is 5.56. The van der Waals surface area contributed by atoms with E-state index in [0.717, 1.165) is 17.9 Å². The Kier molecular flexibility index (Phi) is 4.70. The van der Waals surface area contributed by atoms with Crippen molar-refractivity contribution in [1.29, 1.82) is 0 Å². The van der Waals surface area contributed by atoms with Gasteiger partial charge in [-0.15, -0.1) is 6.58 Å². The van der Waals surface area contributed by atoms with Gasteiger partial charge in [-0.1, -0.05) is 6.08 Å². The maximum atomic E-state index is 5.80. The molecule has 0 spiro atoms. The molecule has 0 aliphatic heterocycles. The molecule has 1 aromatic carbocycles. The maximum absolute atomic E-state index is 5.80. The van der Waals surface area contributed by atoms with Crippen LogP contribution in [0.5, 0.6) is 5.75 Å². The molecule has 1 rings (SSSR count). The molecule has 0 fully saturated rings. The van der Waals surface area contributed by atoms with Crippen molar-refractivity contribution in [3.05, 3.63) is 30.9 Å². The number of rotatable bonds is 6. The molecule has 0 amide bonds. The second kappa shape index (κ2) is 6.05. The number of nitrogens with one attached hydrogen (secondary N) is 1. The number of nitrogen functional groups attached to an aromatic ring is 1. The fourth-order valence-corrected chi connectivity index (χ4v) is 1.55. The lowest BCUT2D eigenvalue weighted by Gasteiger charge is -2.15. The third kappa shape index (κ3) is 3.85. The molecule has 0 aromatic heterocycles. The summed E-state index contributed by atoms with van der Waals surface area (Å²) < 4.78 is 5.43. The lowest BCUT2D eigenvalue weighted by atomic mass is 10.2. The van der Waals surface area contributed by atoms with Crippen LogP contribution >= 0.6 is 0 Å². The fourth-order valence-electron chi connectivity index (χ4n) is 1.55. The summed E-state index contributed by atoms with van der Waals surface area (Å²) in [4.78, 5) is 0. The summed E-state index contributed by atoms with van der Waals surface area (Å²) in [6.45, 7) is 8.42. The van der Waals surface area contributed by atoms with E-state index < -0.39 is 0 Å². The van der Waals surface area contributed by atoms with Gasteiger partial charge in [-0.25, -0.2) is 0 Å². The van der Waals surface area contributed by atoms with Crippen molar-refractivity contribution in [1.82, 2.24) is 0 Å². The third-order valence-corrected chi connectivity index (χ3v) is 2.17. The largest absolute Gasteiger partial charge is 0.494 e. The van der Waals surface area contributed by atoms with E-state index in [-0.39, 0.29) is 0 Å². The Labute approximate surface area is 97.3 Å². The molecule has 0 saturated heterocycles. The van der Waals surface area contributed by atoms with E-state index in [9.17, 15) is 0 Å². The summed E-state index contributed by atoms with van der Waals surface area (Å²) in [7, 11) is 0. The van der Waals surface area contributed by atoms with Crippen LogP contribution in [-0.4, -0.2) is 12.6 Å². The smallest absolute Gasteiger partial charge is 0.123 e.